The van der Waals surface area contributed by atoms with Crippen LogP contribution in [0.15, 0.2) is 202 Å². The van der Waals surface area contributed by atoms with Crippen molar-refractivity contribution in [3.8, 4) is 33.4 Å². The summed E-state index contributed by atoms with van der Waals surface area (Å²) in [6.07, 6.45) is -0.271. The number of rotatable bonds is 6. The maximum Gasteiger partial charge on any atom is 0.159 e. The predicted octanol–water partition coefficient (Wildman–Crippen LogP) is 13.5. The zero-order valence-corrected chi connectivity index (χ0v) is 31.0. The van der Waals surface area contributed by atoms with Crippen LogP contribution in [0.25, 0.3) is 75.5 Å². The van der Waals surface area contributed by atoms with Gasteiger partial charge in [-0.05, 0) is 69.8 Å². The Hall–Kier alpha value is -7.08. The average molecular weight is 736 g/mol. The molecule has 5 heteroatoms. The third-order valence-electron chi connectivity index (χ3n) is 10.8. The number of nitrogens with zero attached hydrogens (tertiary/aromatic N) is 2. The van der Waals surface area contributed by atoms with Gasteiger partial charge in [0.1, 0.15) is 23.2 Å². The molecule has 1 aliphatic heterocycles. The van der Waals surface area contributed by atoms with Crippen LogP contribution in [0.2, 0.25) is 0 Å². The third-order valence-corrected chi connectivity index (χ3v) is 11.9. The monoisotopic (exact) mass is 735 g/mol. The van der Waals surface area contributed by atoms with Gasteiger partial charge in [0.25, 0.3) is 0 Å². The van der Waals surface area contributed by atoms with Crippen LogP contribution in [0, 0.1) is 0 Å². The Labute approximate surface area is 327 Å². The number of hydrogen-bond donors (Lipinski definition) is 1. The first kappa shape index (κ1) is 32.4. The minimum Gasteiger partial charge on any atom is -0.455 e. The second-order valence-corrected chi connectivity index (χ2v) is 15.2. The van der Waals surface area contributed by atoms with Crippen molar-refractivity contribution in [3.63, 3.8) is 0 Å². The molecule has 0 fully saturated rings. The van der Waals surface area contributed by atoms with Crippen LogP contribution in [-0.2, 0) is 0 Å². The lowest BCUT2D eigenvalue weighted by molar-refractivity contribution is 0.670. The maximum atomic E-state index is 6.80. The lowest BCUT2D eigenvalue weighted by Gasteiger charge is -2.24. The summed E-state index contributed by atoms with van der Waals surface area (Å²) in [7, 11) is 0. The summed E-state index contributed by atoms with van der Waals surface area (Å²) >= 11 is 1.85. The van der Waals surface area contributed by atoms with E-state index in [0.717, 1.165) is 66.7 Å². The van der Waals surface area contributed by atoms with E-state index in [-0.39, 0.29) is 6.17 Å². The molecule has 0 saturated heterocycles. The van der Waals surface area contributed by atoms with Gasteiger partial charge in [0.05, 0.1) is 0 Å². The molecule has 1 aliphatic rings. The molecule has 3 heterocycles. The van der Waals surface area contributed by atoms with Crippen LogP contribution >= 0.6 is 11.3 Å². The molecule has 264 valence electrons. The smallest absolute Gasteiger partial charge is 0.159 e. The van der Waals surface area contributed by atoms with Gasteiger partial charge in [0.15, 0.2) is 5.84 Å². The van der Waals surface area contributed by atoms with Crippen molar-refractivity contribution in [3.05, 3.63) is 205 Å². The van der Waals surface area contributed by atoms with Gasteiger partial charge in [-0.1, -0.05) is 152 Å². The van der Waals surface area contributed by atoms with Crippen molar-refractivity contribution in [1.82, 2.24) is 5.32 Å². The Balaban J connectivity index is 1.05. The van der Waals surface area contributed by atoms with E-state index in [4.69, 9.17) is 14.4 Å². The molecule has 0 saturated carbocycles. The molecular formula is C51H33N3OS. The number of aliphatic imine (C=N–C) groups is 2. The van der Waals surface area contributed by atoms with E-state index in [0.29, 0.717) is 5.84 Å². The second-order valence-electron chi connectivity index (χ2n) is 14.1. The Morgan fingerprint density at radius 3 is 1.96 bits per heavy atom. The number of para-hydroxylation sites is 1. The Morgan fingerprint density at radius 1 is 0.464 bits per heavy atom. The van der Waals surface area contributed by atoms with E-state index < -0.39 is 0 Å². The van der Waals surface area contributed by atoms with Crippen LogP contribution in [-0.4, -0.2) is 11.7 Å². The molecule has 10 aromatic rings. The summed E-state index contributed by atoms with van der Waals surface area (Å²) < 4.78 is 9.36. The number of amidine groups is 2. The van der Waals surface area contributed by atoms with Crippen molar-refractivity contribution in [2.75, 3.05) is 0 Å². The zero-order valence-electron chi connectivity index (χ0n) is 30.2. The zero-order chi connectivity index (χ0) is 37.0. The van der Waals surface area contributed by atoms with Crippen molar-refractivity contribution < 1.29 is 4.42 Å². The molecule has 1 unspecified atom stereocenters. The largest absolute Gasteiger partial charge is 0.455 e. The fourth-order valence-electron chi connectivity index (χ4n) is 8.10. The molecule has 0 bridgehead atoms. The van der Waals surface area contributed by atoms with E-state index in [1.54, 1.807) is 0 Å². The second kappa shape index (κ2) is 13.3. The van der Waals surface area contributed by atoms with E-state index in [1.807, 2.05) is 53.8 Å². The van der Waals surface area contributed by atoms with Gasteiger partial charge in [0, 0.05) is 47.6 Å². The molecule has 2 aromatic heterocycles. The number of nitrogens with one attached hydrogen (secondary N) is 1. The van der Waals surface area contributed by atoms with Crippen LogP contribution in [0.4, 0.5) is 0 Å². The van der Waals surface area contributed by atoms with Crippen molar-refractivity contribution >= 4 is 65.1 Å². The first-order chi connectivity index (χ1) is 27.7. The molecule has 8 aromatic carbocycles. The van der Waals surface area contributed by atoms with E-state index in [1.165, 1.54) is 31.3 Å². The topological polar surface area (TPSA) is 49.9 Å². The molecule has 0 radical (unpaired) electrons. The highest BCUT2D eigenvalue weighted by Crippen LogP contribution is 2.45. The molecule has 56 heavy (non-hydrogen) atoms. The molecule has 0 aliphatic carbocycles. The lowest BCUT2D eigenvalue weighted by Crippen LogP contribution is -2.33. The molecular weight excluding hydrogens is 703 g/mol. The van der Waals surface area contributed by atoms with Crippen molar-refractivity contribution in [2.45, 2.75) is 6.17 Å². The summed E-state index contributed by atoms with van der Waals surface area (Å²) in [4.78, 5) is 10.1. The quantitative estimate of drug-likeness (QED) is 0.185. The van der Waals surface area contributed by atoms with Gasteiger partial charge in [-0.2, -0.15) is 0 Å². The van der Waals surface area contributed by atoms with Crippen LogP contribution in [0.3, 0.4) is 0 Å². The summed E-state index contributed by atoms with van der Waals surface area (Å²) in [5, 5.41) is 8.39. The first-order valence-corrected chi connectivity index (χ1v) is 19.7. The normalized spacial score (nSPS) is 14.2. The highest BCUT2D eigenvalue weighted by molar-refractivity contribution is 7.26. The minimum atomic E-state index is -0.271. The lowest BCUT2D eigenvalue weighted by atomic mass is 9.93. The molecule has 0 amide bonds. The molecule has 1 N–H and O–H groups in total. The van der Waals surface area contributed by atoms with Crippen molar-refractivity contribution in [1.29, 1.82) is 0 Å². The summed E-state index contributed by atoms with van der Waals surface area (Å²) in [6.45, 7) is 0. The van der Waals surface area contributed by atoms with Gasteiger partial charge < -0.3 is 9.73 Å². The number of hydrogen-bond acceptors (Lipinski definition) is 5. The first-order valence-electron chi connectivity index (χ1n) is 18.8. The number of furan rings is 1. The SMILES string of the molecule is c1ccc(C2=NC(c3ccccc3)NC(c3cccc(-c4ccc(-c5ccc6sc7cccc(-c8ccccc8)c7c6c5)c5oc6ccccc6c45)c3)=N2)cc1. The Morgan fingerprint density at radius 2 is 1.12 bits per heavy atom. The molecule has 11 rings (SSSR count). The van der Waals surface area contributed by atoms with Gasteiger partial charge in [-0.25, -0.2) is 9.98 Å². The predicted molar refractivity (Wildman–Crippen MR) is 235 cm³/mol. The number of benzene rings is 8. The number of thiophene rings is 1. The molecule has 0 spiro atoms. The highest BCUT2D eigenvalue weighted by atomic mass is 32.1. The summed E-state index contributed by atoms with van der Waals surface area (Å²) in [6, 6.07) is 66.2. The van der Waals surface area contributed by atoms with Gasteiger partial charge in [-0.3, -0.25) is 0 Å². The standard InChI is InChI=1S/C51H33N3OS/c1-4-14-32(15-5-1)38-23-13-25-45-46(38)42-31-36(26-29-44(42)56-45)40-28-27-39(47-41-22-10-11-24-43(41)55-48(40)47)35-20-12-21-37(30-35)51-53-49(33-16-6-2-7-17-33)52-50(54-51)34-18-8-3-9-19-34/h1-31,49H,(H,52,53,54). The van der Waals surface area contributed by atoms with E-state index in [9.17, 15) is 0 Å². The van der Waals surface area contributed by atoms with Gasteiger partial charge in [0.2, 0.25) is 0 Å². The fourth-order valence-corrected chi connectivity index (χ4v) is 9.21. The summed E-state index contributed by atoms with van der Waals surface area (Å²) in [5.74, 6) is 1.49. The van der Waals surface area contributed by atoms with E-state index >= 15 is 0 Å². The molecule has 4 nitrogen and oxygen atoms in total. The van der Waals surface area contributed by atoms with Crippen LogP contribution in [0.1, 0.15) is 22.9 Å². The maximum absolute atomic E-state index is 6.80. The third kappa shape index (κ3) is 5.52. The highest BCUT2D eigenvalue weighted by Gasteiger charge is 2.23. The van der Waals surface area contributed by atoms with E-state index in [2.05, 4.69) is 151 Å². The Kier molecular flexibility index (Phi) is 7.71. The van der Waals surface area contributed by atoms with Gasteiger partial charge in [-0.15, -0.1) is 11.3 Å². The average Bonchev–Trinajstić information content (AvgIpc) is 3.86. The van der Waals surface area contributed by atoms with Gasteiger partial charge >= 0.3 is 0 Å². The van der Waals surface area contributed by atoms with Crippen LogP contribution < -0.4 is 5.32 Å². The molecule has 1 atom stereocenters. The minimum absolute atomic E-state index is 0.271. The fraction of sp³-hybridized carbons (Fsp3) is 0.0196. The number of fused-ring (bicyclic) bond motifs is 6. The summed E-state index contributed by atoms with van der Waals surface area (Å²) in [5.41, 5.74) is 11.7. The Bertz CT molecular complexity index is 3160. The van der Waals surface area contributed by atoms with Crippen LogP contribution in [0.5, 0.6) is 0 Å². The van der Waals surface area contributed by atoms with Crippen molar-refractivity contribution in [2.24, 2.45) is 9.98 Å².